The average molecular weight is 322 g/mol. The van der Waals surface area contributed by atoms with Gasteiger partial charge < -0.3 is 10.2 Å². The van der Waals surface area contributed by atoms with Crippen LogP contribution in [0.2, 0.25) is 0 Å². The van der Waals surface area contributed by atoms with Crippen molar-refractivity contribution < 1.29 is 24.0 Å². The fraction of sp³-hybridized carbons (Fsp3) is 0.286. The van der Waals surface area contributed by atoms with Crippen LogP contribution in [0.3, 0.4) is 0 Å². The Bertz CT molecular complexity index is 574. The van der Waals surface area contributed by atoms with Gasteiger partial charge in [-0.05, 0) is 12.1 Å². The molecule has 0 aliphatic carbocycles. The minimum Gasteiger partial charge on any atom is -0.343 e. The van der Waals surface area contributed by atoms with Crippen molar-refractivity contribution in [3.63, 3.8) is 0 Å². The zero-order valence-electron chi connectivity index (χ0n) is 11.6. The van der Waals surface area contributed by atoms with Crippen LogP contribution in [0.5, 0.6) is 0 Å². The van der Waals surface area contributed by atoms with Crippen molar-refractivity contribution in [3.05, 3.63) is 35.9 Å². The lowest BCUT2D eigenvalue weighted by molar-refractivity contribution is -0.195. The number of hydroxylamine groups is 2. The summed E-state index contributed by atoms with van der Waals surface area (Å²) >= 11 is 1.11. The molecule has 1 fully saturated rings. The molecule has 1 N–H and O–H groups in total. The molecule has 2 rings (SSSR count). The summed E-state index contributed by atoms with van der Waals surface area (Å²) in [5.74, 6) is -1.84. The van der Waals surface area contributed by atoms with E-state index in [0.717, 1.165) is 11.8 Å². The zero-order valence-corrected chi connectivity index (χ0v) is 12.4. The topological polar surface area (TPSA) is 92.8 Å². The molecule has 7 nitrogen and oxygen atoms in total. The van der Waals surface area contributed by atoms with Crippen LogP contribution in [0.1, 0.15) is 23.2 Å². The Morgan fingerprint density at radius 3 is 2.41 bits per heavy atom. The maximum atomic E-state index is 11.7. The van der Waals surface area contributed by atoms with Gasteiger partial charge in [0.05, 0.1) is 11.6 Å². The summed E-state index contributed by atoms with van der Waals surface area (Å²) in [7, 11) is 0. The number of carbonyl (C=O) groups is 4. The molecule has 0 aromatic heterocycles. The molecule has 0 atom stereocenters. The van der Waals surface area contributed by atoms with Crippen LogP contribution in [0, 0.1) is 0 Å². The Hall–Kier alpha value is -2.35. The van der Waals surface area contributed by atoms with Gasteiger partial charge in [0.2, 0.25) is 0 Å². The highest BCUT2D eigenvalue weighted by atomic mass is 32.2. The summed E-state index contributed by atoms with van der Waals surface area (Å²) in [4.78, 5) is 50.4. The van der Waals surface area contributed by atoms with Gasteiger partial charge in [-0.15, -0.1) is 16.8 Å². The van der Waals surface area contributed by atoms with Crippen molar-refractivity contribution in [2.45, 2.75) is 12.8 Å². The van der Waals surface area contributed by atoms with Crippen molar-refractivity contribution in [3.8, 4) is 0 Å². The van der Waals surface area contributed by atoms with Gasteiger partial charge in [0.15, 0.2) is 0 Å². The number of hydrogen-bond donors (Lipinski definition) is 1. The van der Waals surface area contributed by atoms with Gasteiger partial charge >= 0.3 is 5.97 Å². The monoisotopic (exact) mass is 322 g/mol. The average Bonchev–Trinajstić information content (AvgIpc) is 2.84. The van der Waals surface area contributed by atoms with Crippen LogP contribution in [0.15, 0.2) is 30.3 Å². The number of thioether (sulfide) groups is 1. The first-order valence-electron chi connectivity index (χ1n) is 6.55. The van der Waals surface area contributed by atoms with Crippen molar-refractivity contribution in [2.75, 3.05) is 11.6 Å². The second-order valence-corrected chi connectivity index (χ2v) is 5.40. The van der Waals surface area contributed by atoms with E-state index in [2.05, 4.69) is 10.2 Å². The first-order chi connectivity index (χ1) is 10.6. The summed E-state index contributed by atoms with van der Waals surface area (Å²) in [6.07, 6.45) is 0.124. The van der Waals surface area contributed by atoms with Crippen molar-refractivity contribution in [1.29, 1.82) is 0 Å². The number of nitrogens with one attached hydrogen (secondary N) is 1. The molecule has 1 saturated heterocycles. The molecular formula is C14H14N2O5S. The normalized spacial score (nSPS) is 14.1. The SMILES string of the molecule is O=C(CSCNC(=O)c1ccccc1)ON1C(=O)CCC1=O. The van der Waals surface area contributed by atoms with E-state index in [0.29, 0.717) is 10.6 Å². The third-order valence-corrected chi connectivity index (χ3v) is 3.58. The maximum absolute atomic E-state index is 11.7. The van der Waals surface area contributed by atoms with Crippen molar-refractivity contribution >= 4 is 35.5 Å². The van der Waals surface area contributed by atoms with Gasteiger partial charge in [0.1, 0.15) is 0 Å². The first-order valence-corrected chi connectivity index (χ1v) is 7.71. The molecule has 0 saturated carbocycles. The second-order valence-electron chi connectivity index (χ2n) is 4.41. The minimum atomic E-state index is -0.706. The van der Waals surface area contributed by atoms with E-state index in [-0.39, 0.29) is 30.4 Å². The lowest BCUT2D eigenvalue weighted by atomic mass is 10.2. The fourth-order valence-electron chi connectivity index (χ4n) is 1.73. The first kappa shape index (κ1) is 16.0. The van der Waals surface area contributed by atoms with Crippen LogP contribution in [-0.4, -0.2) is 40.4 Å². The number of amides is 3. The summed E-state index contributed by atoms with van der Waals surface area (Å²) in [6, 6.07) is 8.67. The summed E-state index contributed by atoms with van der Waals surface area (Å²) in [5, 5.41) is 3.14. The van der Waals surface area contributed by atoms with Crippen LogP contribution in [-0.2, 0) is 19.2 Å². The van der Waals surface area contributed by atoms with E-state index in [1.807, 2.05) is 6.07 Å². The van der Waals surface area contributed by atoms with E-state index >= 15 is 0 Å². The van der Waals surface area contributed by atoms with E-state index in [9.17, 15) is 19.2 Å². The number of rotatable bonds is 6. The highest BCUT2D eigenvalue weighted by Gasteiger charge is 2.32. The lowest BCUT2D eigenvalue weighted by Crippen LogP contribution is -2.33. The largest absolute Gasteiger partial charge is 0.343 e. The Kier molecular flexibility index (Phi) is 5.54. The maximum Gasteiger partial charge on any atom is 0.343 e. The Labute approximate surface area is 130 Å². The molecular weight excluding hydrogens is 308 g/mol. The van der Waals surface area contributed by atoms with Gasteiger partial charge in [-0.1, -0.05) is 18.2 Å². The standard InChI is InChI=1S/C14H14N2O5S/c17-11-6-7-12(18)16(11)21-13(19)8-22-9-15-14(20)10-4-2-1-3-5-10/h1-5H,6-9H2,(H,15,20). The molecule has 0 unspecified atom stereocenters. The van der Waals surface area contributed by atoms with Crippen molar-refractivity contribution in [2.24, 2.45) is 0 Å². The van der Waals surface area contributed by atoms with E-state index in [4.69, 9.17) is 0 Å². The third-order valence-electron chi connectivity index (χ3n) is 2.79. The molecule has 116 valence electrons. The summed E-state index contributed by atoms with van der Waals surface area (Å²) in [6.45, 7) is 0. The molecule has 22 heavy (non-hydrogen) atoms. The molecule has 8 heteroatoms. The molecule has 3 amide bonds. The number of imide groups is 1. The Morgan fingerprint density at radius 2 is 1.77 bits per heavy atom. The van der Waals surface area contributed by atoms with E-state index in [1.165, 1.54) is 0 Å². The second kappa shape index (κ2) is 7.60. The van der Waals surface area contributed by atoms with Gasteiger partial charge in [-0.2, -0.15) is 0 Å². The van der Waals surface area contributed by atoms with Gasteiger partial charge in [-0.3, -0.25) is 14.4 Å². The van der Waals surface area contributed by atoms with Crippen LogP contribution in [0.25, 0.3) is 0 Å². The van der Waals surface area contributed by atoms with E-state index in [1.54, 1.807) is 24.3 Å². The molecule has 0 spiro atoms. The number of nitrogens with zero attached hydrogens (tertiary/aromatic N) is 1. The molecule has 0 bridgehead atoms. The third kappa shape index (κ3) is 4.32. The van der Waals surface area contributed by atoms with Gasteiger partial charge in [-0.25, -0.2) is 4.79 Å². The quantitative estimate of drug-likeness (QED) is 0.471. The number of benzene rings is 1. The predicted octanol–water partition coefficient (Wildman–Crippen LogP) is 0.714. The molecule has 1 aromatic carbocycles. The van der Waals surface area contributed by atoms with E-state index < -0.39 is 17.8 Å². The summed E-state index contributed by atoms with van der Waals surface area (Å²) in [5.41, 5.74) is 0.527. The molecule has 1 aliphatic heterocycles. The van der Waals surface area contributed by atoms with Crippen molar-refractivity contribution in [1.82, 2.24) is 10.4 Å². The van der Waals surface area contributed by atoms with Crippen LogP contribution in [0.4, 0.5) is 0 Å². The van der Waals surface area contributed by atoms with Gasteiger partial charge in [0.25, 0.3) is 17.7 Å². The molecule has 0 radical (unpaired) electrons. The molecule has 1 aromatic rings. The number of hydrogen-bond acceptors (Lipinski definition) is 6. The zero-order chi connectivity index (χ0) is 15.9. The minimum absolute atomic E-state index is 0.0619. The smallest absolute Gasteiger partial charge is 0.343 e. The molecule has 1 heterocycles. The fourth-order valence-corrected chi connectivity index (χ4v) is 2.28. The highest BCUT2D eigenvalue weighted by Crippen LogP contribution is 2.13. The lowest BCUT2D eigenvalue weighted by Gasteiger charge is -2.12. The van der Waals surface area contributed by atoms with Crippen LogP contribution < -0.4 is 5.32 Å². The number of carbonyl (C=O) groups excluding carboxylic acids is 4. The van der Waals surface area contributed by atoms with Gasteiger partial charge in [0, 0.05) is 18.4 Å². The molecule has 1 aliphatic rings. The highest BCUT2D eigenvalue weighted by molar-refractivity contribution is 7.99. The van der Waals surface area contributed by atoms with Crippen LogP contribution >= 0.6 is 11.8 Å². The predicted molar refractivity (Wildman–Crippen MR) is 78.4 cm³/mol. The Morgan fingerprint density at radius 1 is 1.14 bits per heavy atom. The Balaban J connectivity index is 1.66. The summed E-state index contributed by atoms with van der Waals surface area (Å²) < 4.78 is 0.